The first-order valence-electron chi connectivity index (χ1n) is 15.1. The van der Waals surface area contributed by atoms with Crippen molar-refractivity contribution in [1.82, 2.24) is 30.0 Å². The number of hydrogen-bond acceptors (Lipinski definition) is 8. The van der Waals surface area contributed by atoms with Crippen molar-refractivity contribution in [2.24, 2.45) is 5.92 Å². The third-order valence-electron chi connectivity index (χ3n) is 8.42. The van der Waals surface area contributed by atoms with Crippen molar-refractivity contribution in [3.63, 3.8) is 0 Å². The van der Waals surface area contributed by atoms with Crippen LogP contribution >= 0.6 is 0 Å². The van der Waals surface area contributed by atoms with E-state index >= 15 is 0 Å². The van der Waals surface area contributed by atoms with E-state index in [0.29, 0.717) is 31.7 Å². The number of carbonyl (C=O) groups excluding carboxylic acids is 1. The molecule has 0 N–H and O–H groups in total. The predicted octanol–water partition coefficient (Wildman–Crippen LogP) is 4.98. The zero-order valence-electron chi connectivity index (χ0n) is 24.9. The molecule has 5 rings (SSSR count). The molecule has 2 aromatic carbocycles. The molecular weight excluding hydrogens is 516 g/mol. The SMILES string of the molecule is CCOC(=O)CCCCn1nnnc1-c1ccc([C@H](c2cccc(OC)c2)N2C[C@@H](C)N(CC3CC3)C[C@@H]2C)cc1. The van der Waals surface area contributed by atoms with Crippen molar-refractivity contribution >= 4 is 5.97 Å². The van der Waals surface area contributed by atoms with E-state index in [2.05, 4.69) is 81.6 Å². The number of benzene rings is 2. The lowest BCUT2D eigenvalue weighted by Crippen LogP contribution is -2.57. The number of carbonyl (C=O) groups is 1. The van der Waals surface area contributed by atoms with Gasteiger partial charge in [-0.1, -0.05) is 36.4 Å². The highest BCUT2D eigenvalue weighted by Gasteiger charge is 2.37. The Balaban J connectivity index is 1.34. The maximum absolute atomic E-state index is 11.6. The molecule has 2 heterocycles. The third-order valence-corrected chi connectivity index (χ3v) is 8.42. The second-order valence-electron chi connectivity index (χ2n) is 11.6. The molecule has 1 aliphatic heterocycles. The number of ether oxygens (including phenoxy) is 2. The van der Waals surface area contributed by atoms with E-state index in [1.807, 2.05) is 17.7 Å². The normalized spacial score (nSPS) is 20.6. The van der Waals surface area contributed by atoms with Gasteiger partial charge in [0.2, 0.25) is 0 Å². The number of esters is 1. The highest BCUT2D eigenvalue weighted by atomic mass is 16.5. The average molecular weight is 561 g/mol. The zero-order valence-corrected chi connectivity index (χ0v) is 24.9. The van der Waals surface area contributed by atoms with Crippen LogP contribution < -0.4 is 4.74 Å². The molecule has 0 bridgehead atoms. The number of aryl methyl sites for hydroxylation is 1. The molecule has 3 atom stereocenters. The summed E-state index contributed by atoms with van der Waals surface area (Å²) in [6.45, 7) is 11.0. The topological polar surface area (TPSA) is 85.6 Å². The molecule has 0 unspecified atom stereocenters. The van der Waals surface area contributed by atoms with Crippen molar-refractivity contribution in [1.29, 1.82) is 0 Å². The Bertz CT molecular complexity index is 1270. The summed E-state index contributed by atoms with van der Waals surface area (Å²) in [6.07, 6.45) is 4.73. The van der Waals surface area contributed by atoms with Crippen LogP contribution in [0.2, 0.25) is 0 Å². The summed E-state index contributed by atoms with van der Waals surface area (Å²) >= 11 is 0. The van der Waals surface area contributed by atoms with E-state index in [9.17, 15) is 4.79 Å². The molecule has 41 heavy (non-hydrogen) atoms. The summed E-state index contributed by atoms with van der Waals surface area (Å²) in [7, 11) is 1.73. The van der Waals surface area contributed by atoms with Gasteiger partial charge < -0.3 is 9.47 Å². The molecule has 9 nitrogen and oxygen atoms in total. The lowest BCUT2D eigenvalue weighted by atomic mass is 9.92. The van der Waals surface area contributed by atoms with Gasteiger partial charge in [0.05, 0.1) is 19.8 Å². The minimum absolute atomic E-state index is 0.110. The summed E-state index contributed by atoms with van der Waals surface area (Å²) in [5.41, 5.74) is 3.45. The average Bonchev–Trinajstić information content (AvgIpc) is 3.68. The van der Waals surface area contributed by atoms with E-state index < -0.39 is 0 Å². The van der Waals surface area contributed by atoms with Gasteiger partial charge in [-0.2, -0.15) is 0 Å². The van der Waals surface area contributed by atoms with Gasteiger partial charge >= 0.3 is 5.97 Å². The molecule has 1 aromatic heterocycles. The molecule has 1 aliphatic carbocycles. The van der Waals surface area contributed by atoms with Gasteiger partial charge in [-0.25, -0.2) is 4.68 Å². The maximum Gasteiger partial charge on any atom is 0.305 e. The van der Waals surface area contributed by atoms with Gasteiger partial charge in [-0.3, -0.25) is 14.6 Å². The van der Waals surface area contributed by atoms with Crippen molar-refractivity contribution in [3.8, 4) is 17.1 Å². The van der Waals surface area contributed by atoms with Crippen molar-refractivity contribution < 1.29 is 14.3 Å². The Labute approximate surface area is 243 Å². The smallest absolute Gasteiger partial charge is 0.305 e. The molecule has 2 aliphatic rings. The van der Waals surface area contributed by atoms with Crippen LogP contribution in [-0.4, -0.2) is 81.4 Å². The molecule has 1 saturated heterocycles. The second kappa shape index (κ2) is 13.6. The number of hydrogen-bond donors (Lipinski definition) is 0. The van der Waals surface area contributed by atoms with Crippen LogP contribution in [0.15, 0.2) is 48.5 Å². The standard InChI is InChI=1S/C32H44N6O3/c1-5-41-30(39)11-6-7-18-38-32(33-34-35-38)27-16-14-26(15-17-27)31(28-9-8-10-29(19-28)40-4)37-21-23(2)36(20-24(37)3)22-25-12-13-25/h8-10,14-17,19,23-25,31H,5-7,11-13,18,20-22H2,1-4H3/t23-,24+,31-/m1/s1. The Morgan fingerprint density at radius 2 is 1.83 bits per heavy atom. The fraction of sp³-hybridized carbons (Fsp3) is 0.562. The molecule has 0 radical (unpaired) electrons. The van der Waals surface area contributed by atoms with Gasteiger partial charge in [-0.05, 0) is 86.1 Å². The van der Waals surface area contributed by atoms with Crippen LogP contribution in [0.3, 0.4) is 0 Å². The Morgan fingerprint density at radius 1 is 1.02 bits per heavy atom. The number of aromatic nitrogens is 4. The van der Waals surface area contributed by atoms with Gasteiger partial charge in [0, 0.05) is 50.2 Å². The number of unbranched alkanes of at least 4 members (excludes halogenated alkanes) is 1. The van der Waals surface area contributed by atoms with Gasteiger partial charge in [0.1, 0.15) is 5.75 Å². The molecule has 2 fully saturated rings. The predicted molar refractivity (Wildman–Crippen MR) is 159 cm³/mol. The van der Waals surface area contributed by atoms with Crippen LogP contribution in [0.4, 0.5) is 0 Å². The fourth-order valence-electron chi connectivity index (χ4n) is 6.00. The Kier molecular flexibility index (Phi) is 9.67. The summed E-state index contributed by atoms with van der Waals surface area (Å²) < 4.78 is 12.5. The van der Waals surface area contributed by atoms with E-state index in [-0.39, 0.29) is 12.0 Å². The van der Waals surface area contributed by atoms with Gasteiger partial charge in [-0.15, -0.1) is 5.10 Å². The first kappa shape index (κ1) is 29.2. The number of methoxy groups -OCH3 is 1. The first-order chi connectivity index (χ1) is 20.0. The van der Waals surface area contributed by atoms with Crippen LogP contribution in [0.25, 0.3) is 11.4 Å². The Hall–Kier alpha value is -3.30. The quantitative estimate of drug-likeness (QED) is 0.214. The molecular formula is C32H44N6O3. The highest BCUT2D eigenvalue weighted by molar-refractivity contribution is 5.69. The van der Waals surface area contributed by atoms with Crippen LogP contribution in [-0.2, 0) is 16.1 Å². The molecule has 0 amide bonds. The monoisotopic (exact) mass is 560 g/mol. The highest BCUT2D eigenvalue weighted by Crippen LogP contribution is 2.37. The van der Waals surface area contributed by atoms with E-state index in [1.165, 1.54) is 30.5 Å². The molecule has 1 saturated carbocycles. The molecule has 0 spiro atoms. The van der Waals surface area contributed by atoms with E-state index in [1.54, 1.807) is 7.11 Å². The van der Waals surface area contributed by atoms with Gasteiger partial charge in [0.25, 0.3) is 0 Å². The van der Waals surface area contributed by atoms with E-state index in [4.69, 9.17) is 9.47 Å². The summed E-state index contributed by atoms with van der Waals surface area (Å²) in [5.74, 6) is 2.35. The minimum Gasteiger partial charge on any atom is -0.497 e. The van der Waals surface area contributed by atoms with E-state index in [0.717, 1.165) is 49.0 Å². The lowest BCUT2D eigenvalue weighted by molar-refractivity contribution is -0.143. The molecule has 3 aromatic rings. The first-order valence-corrected chi connectivity index (χ1v) is 15.1. The maximum atomic E-state index is 11.6. The fourth-order valence-corrected chi connectivity index (χ4v) is 6.00. The lowest BCUT2D eigenvalue weighted by Gasteiger charge is -2.48. The third kappa shape index (κ3) is 7.32. The van der Waals surface area contributed by atoms with Crippen LogP contribution in [0, 0.1) is 5.92 Å². The second-order valence-corrected chi connectivity index (χ2v) is 11.6. The summed E-state index contributed by atoms with van der Waals surface area (Å²) in [6, 6.07) is 18.2. The number of tetrazole rings is 1. The number of piperazine rings is 1. The summed E-state index contributed by atoms with van der Waals surface area (Å²) in [4.78, 5) is 17.0. The van der Waals surface area contributed by atoms with Gasteiger partial charge in [0.15, 0.2) is 5.82 Å². The van der Waals surface area contributed by atoms with Crippen LogP contribution in [0.1, 0.15) is 70.0 Å². The van der Waals surface area contributed by atoms with Crippen molar-refractivity contribution in [2.75, 3.05) is 33.4 Å². The molecule has 9 heteroatoms. The zero-order chi connectivity index (χ0) is 28.8. The minimum atomic E-state index is -0.154. The van der Waals surface area contributed by atoms with Crippen molar-refractivity contribution in [2.45, 2.75) is 77.5 Å². The number of nitrogens with zero attached hydrogens (tertiary/aromatic N) is 6. The number of rotatable bonds is 13. The largest absolute Gasteiger partial charge is 0.497 e. The van der Waals surface area contributed by atoms with Crippen molar-refractivity contribution in [3.05, 3.63) is 59.7 Å². The Morgan fingerprint density at radius 3 is 2.56 bits per heavy atom. The van der Waals surface area contributed by atoms with Crippen LogP contribution in [0.5, 0.6) is 5.75 Å². The summed E-state index contributed by atoms with van der Waals surface area (Å²) in [5, 5.41) is 12.5. The molecule has 220 valence electrons.